The summed E-state index contributed by atoms with van der Waals surface area (Å²) in [4.78, 5) is 4.31. The van der Waals surface area contributed by atoms with Gasteiger partial charge in [0.25, 0.3) is 0 Å². The summed E-state index contributed by atoms with van der Waals surface area (Å²) >= 11 is 0. The molecule has 2 rings (SSSR count). The Balaban J connectivity index is 2.11. The lowest BCUT2D eigenvalue weighted by Crippen LogP contribution is -2.48. The Morgan fingerprint density at radius 1 is 1.22 bits per heavy atom. The molecule has 1 saturated heterocycles. The number of aliphatic imine (C=N–C) groups is 1. The number of nitrogens with one attached hydrogen (secondary N) is 2. The Bertz CT molecular complexity index is 493. The summed E-state index contributed by atoms with van der Waals surface area (Å²) in [6, 6.07) is 8.43. The summed E-state index contributed by atoms with van der Waals surface area (Å²) in [6.45, 7) is 5.53. The van der Waals surface area contributed by atoms with Gasteiger partial charge in [0.2, 0.25) is 0 Å². The molecule has 0 atom stereocenters. The Morgan fingerprint density at radius 3 is 2.48 bits per heavy atom. The predicted molar refractivity (Wildman–Crippen MR) is 94.4 cm³/mol. The molecule has 1 aliphatic rings. The number of methoxy groups -OCH3 is 1. The van der Waals surface area contributed by atoms with Crippen molar-refractivity contribution in [3.05, 3.63) is 29.8 Å². The zero-order chi connectivity index (χ0) is 16.5. The summed E-state index contributed by atoms with van der Waals surface area (Å²) in [7, 11) is 3.51. The van der Waals surface area contributed by atoms with Crippen LogP contribution in [0.3, 0.4) is 0 Å². The summed E-state index contributed by atoms with van der Waals surface area (Å²) in [5, 5.41) is 6.83. The van der Waals surface area contributed by atoms with Crippen LogP contribution in [-0.4, -0.2) is 46.4 Å². The van der Waals surface area contributed by atoms with Gasteiger partial charge in [0, 0.05) is 38.8 Å². The van der Waals surface area contributed by atoms with Crippen LogP contribution in [-0.2, 0) is 10.2 Å². The van der Waals surface area contributed by atoms with E-state index in [1.54, 1.807) is 7.11 Å². The zero-order valence-electron chi connectivity index (χ0n) is 14.5. The van der Waals surface area contributed by atoms with Crippen LogP contribution in [0.4, 0.5) is 0 Å². The van der Waals surface area contributed by atoms with Crippen LogP contribution < -0.4 is 15.4 Å². The van der Waals surface area contributed by atoms with Crippen molar-refractivity contribution < 1.29 is 9.47 Å². The van der Waals surface area contributed by atoms with Crippen molar-refractivity contribution in [2.45, 2.75) is 31.6 Å². The third-order valence-electron chi connectivity index (χ3n) is 4.51. The van der Waals surface area contributed by atoms with Gasteiger partial charge in [-0.1, -0.05) is 19.1 Å². The fraction of sp³-hybridized carbons (Fsp3) is 0.611. The van der Waals surface area contributed by atoms with E-state index in [9.17, 15) is 0 Å². The molecule has 1 fully saturated rings. The molecule has 1 aliphatic heterocycles. The lowest BCUT2D eigenvalue weighted by molar-refractivity contribution is 0.0513. The van der Waals surface area contributed by atoms with Gasteiger partial charge < -0.3 is 20.1 Å². The van der Waals surface area contributed by atoms with Gasteiger partial charge in [-0.15, -0.1) is 0 Å². The fourth-order valence-electron chi connectivity index (χ4n) is 2.99. The van der Waals surface area contributed by atoms with Crippen molar-refractivity contribution in [3.8, 4) is 5.75 Å². The smallest absolute Gasteiger partial charge is 0.191 e. The molecular weight excluding hydrogens is 290 g/mol. The van der Waals surface area contributed by atoms with Crippen molar-refractivity contribution in [2.24, 2.45) is 4.99 Å². The molecule has 0 aromatic heterocycles. The summed E-state index contributed by atoms with van der Waals surface area (Å²) in [5.74, 6) is 1.76. The average Bonchev–Trinajstić information content (AvgIpc) is 2.63. The maximum absolute atomic E-state index is 5.59. The van der Waals surface area contributed by atoms with E-state index in [-0.39, 0.29) is 5.41 Å². The molecule has 0 spiro atoms. The van der Waals surface area contributed by atoms with Gasteiger partial charge in [0.15, 0.2) is 5.96 Å². The highest BCUT2D eigenvalue weighted by molar-refractivity contribution is 5.79. The van der Waals surface area contributed by atoms with E-state index in [4.69, 9.17) is 9.47 Å². The maximum Gasteiger partial charge on any atom is 0.191 e. The molecule has 0 unspecified atom stereocenters. The molecule has 23 heavy (non-hydrogen) atoms. The quantitative estimate of drug-likeness (QED) is 0.624. The third kappa shape index (κ3) is 4.61. The molecule has 0 radical (unpaired) electrons. The number of benzene rings is 1. The van der Waals surface area contributed by atoms with Crippen LogP contribution in [0.25, 0.3) is 0 Å². The highest BCUT2D eigenvalue weighted by Gasteiger charge is 2.34. The Kier molecular flexibility index (Phi) is 6.71. The number of guanidine groups is 1. The minimum atomic E-state index is 0.0777. The van der Waals surface area contributed by atoms with Gasteiger partial charge in [-0.25, -0.2) is 0 Å². The lowest BCUT2D eigenvalue weighted by Gasteiger charge is -2.38. The largest absolute Gasteiger partial charge is 0.497 e. The van der Waals surface area contributed by atoms with Crippen LogP contribution in [0, 0.1) is 0 Å². The highest BCUT2D eigenvalue weighted by atomic mass is 16.5. The monoisotopic (exact) mass is 319 g/mol. The third-order valence-corrected chi connectivity index (χ3v) is 4.51. The van der Waals surface area contributed by atoms with Crippen LogP contribution in [0.2, 0.25) is 0 Å². The minimum absolute atomic E-state index is 0.0777. The maximum atomic E-state index is 5.59. The molecule has 5 nitrogen and oxygen atoms in total. The fourth-order valence-corrected chi connectivity index (χ4v) is 2.99. The topological polar surface area (TPSA) is 54.9 Å². The standard InChI is InChI=1S/C18H29N3O2/c1-4-11-20-17(19-2)21-14-18(9-12-23-13-10-18)15-5-7-16(22-3)8-6-15/h5-8H,4,9-14H2,1-3H3,(H2,19,20,21). The normalized spacial score (nSPS) is 17.6. The minimum Gasteiger partial charge on any atom is -0.497 e. The van der Waals surface area contributed by atoms with E-state index in [0.717, 1.165) is 57.3 Å². The molecule has 0 aliphatic carbocycles. The Morgan fingerprint density at radius 2 is 1.91 bits per heavy atom. The summed E-state index contributed by atoms with van der Waals surface area (Å²) in [6.07, 6.45) is 3.10. The van der Waals surface area contributed by atoms with Crippen molar-refractivity contribution in [2.75, 3.05) is 40.5 Å². The first-order valence-corrected chi connectivity index (χ1v) is 8.41. The number of rotatable bonds is 6. The van der Waals surface area contributed by atoms with Crippen LogP contribution >= 0.6 is 0 Å². The van der Waals surface area contributed by atoms with Crippen LogP contribution in [0.1, 0.15) is 31.7 Å². The van der Waals surface area contributed by atoms with E-state index >= 15 is 0 Å². The molecule has 128 valence electrons. The van der Waals surface area contributed by atoms with Gasteiger partial charge in [0.1, 0.15) is 5.75 Å². The second kappa shape index (κ2) is 8.77. The first-order chi connectivity index (χ1) is 11.2. The second-order valence-electron chi connectivity index (χ2n) is 5.97. The molecule has 1 heterocycles. The van der Waals surface area contributed by atoms with E-state index in [1.165, 1.54) is 5.56 Å². The Hall–Kier alpha value is -1.75. The average molecular weight is 319 g/mol. The molecule has 0 bridgehead atoms. The number of hydrogen-bond donors (Lipinski definition) is 2. The first-order valence-electron chi connectivity index (χ1n) is 8.41. The number of hydrogen-bond acceptors (Lipinski definition) is 3. The van der Waals surface area contributed by atoms with Crippen molar-refractivity contribution >= 4 is 5.96 Å². The zero-order valence-corrected chi connectivity index (χ0v) is 14.5. The SMILES string of the molecule is CCCNC(=NC)NCC1(c2ccc(OC)cc2)CCOCC1. The lowest BCUT2D eigenvalue weighted by atomic mass is 9.74. The van der Waals surface area contributed by atoms with Crippen LogP contribution in [0.5, 0.6) is 5.75 Å². The van der Waals surface area contributed by atoms with Crippen molar-refractivity contribution in [3.63, 3.8) is 0 Å². The number of nitrogens with zero attached hydrogens (tertiary/aromatic N) is 1. The van der Waals surface area contributed by atoms with Gasteiger partial charge >= 0.3 is 0 Å². The second-order valence-corrected chi connectivity index (χ2v) is 5.97. The van der Waals surface area contributed by atoms with Gasteiger partial charge in [-0.3, -0.25) is 4.99 Å². The predicted octanol–water partition coefficient (Wildman–Crippen LogP) is 2.32. The van der Waals surface area contributed by atoms with Gasteiger partial charge in [-0.05, 0) is 37.0 Å². The molecule has 0 amide bonds. The first kappa shape index (κ1) is 17.6. The summed E-state index contributed by atoms with van der Waals surface area (Å²) in [5.41, 5.74) is 1.41. The molecule has 5 heteroatoms. The summed E-state index contributed by atoms with van der Waals surface area (Å²) < 4.78 is 10.9. The van der Waals surface area contributed by atoms with Crippen molar-refractivity contribution in [1.29, 1.82) is 0 Å². The molecule has 1 aromatic rings. The molecule has 0 saturated carbocycles. The van der Waals surface area contributed by atoms with E-state index < -0.39 is 0 Å². The number of ether oxygens (including phenoxy) is 2. The molecule has 2 N–H and O–H groups in total. The van der Waals surface area contributed by atoms with Gasteiger partial charge in [-0.2, -0.15) is 0 Å². The van der Waals surface area contributed by atoms with E-state index in [1.807, 2.05) is 19.2 Å². The van der Waals surface area contributed by atoms with E-state index in [0.29, 0.717) is 0 Å². The molecular formula is C18H29N3O2. The highest BCUT2D eigenvalue weighted by Crippen LogP contribution is 2.35. The van der Waals surface area contributed by atoms with Crippen molar-refractivity contribution in [1.82, 2.24) is 10.6 Å². The van der Waals surface area contributed by atoms with Gasteiger partial charge in [0.05, 0.1) is 7.11 Å². The Labute approximate surface area is 139 Å². The molecule has 1 aromatic carbocycles. The van der Waals surface area contributed by atoms with E-state index in [2.05, 4.69) is 34.7 Å². The van der Waals surface area contributed by atoms with Crippen LogP contribution in [0.15, 0.2) is 29.3 Å².